The molecule has 0 aliphatic heterocycles. The van der Waals surface area contributed by atoms with E-state index in [1.54, 1.807) is 66.5 Å². The number of carbonyl (C=O) groups is 1. The van der Waals surface area contributed by atoms with Crippen LogP contribution in [0.2, 0.25) is 0 Å². The van der Waals surface area contributed by atoms with Crippen LogP contribution < -0.4 is 11.2 Å². The average molecular weight is 492 g/mol. The minimum absolute atomic E-state index is 0.0677. The van der Waals surface area contributed by atoms with E-state index in [0.717, 1.165) is 4.57 Å². The highest BCUT2D eigenvalue weighted by molar-refractivity contribution is 5.85. The van der Waals surface area contributed by atoms with Gasteiger partial charge in [-0.05, 0) is 18.2 Å². The number of aliphatic hydroxyl groups is 1. The number of likely N-dealkylation sites (N-methyl/N-ethyl adjacent to an activating group) is 1. The monoisotopic (exact) mass is 491 g/mol. The van der Waals surface area contributed by atoms with Crippen LogP contribution in [0, 0.1) is 0 Å². The van der Waals surface area contributed by atoms with Crippen molar-refractivity contribution in [3.63, 3.8) is 0 Å². The minimum atomic E-state index is -1.92. The van der Waals surface area contributed by atoms with E-state index in [1.807, 2.05) is 24.1 Å². The summed E-state index contributed by atoms with van der Waals surface area (Å²) in [5.74, 6) is -0.752. The van der Waals surface area contributed by atoms with Crippen LogP contribution in [0.15, 0.2) is 76.6 Å². The Morgan fingerprint density at radius 2 is 1.56 bits per heavy atom. The Bertz CT molecular complexity index is 1430. The van der Waals surface area contributed by atoms with E-state index in [1.165, 1.54) is 11.6 Å². The maximum absolute atomic E-state index is 13.1. The summed E-state index contributed by atoms with van der Waals surface area (Å²) in [7, 11) is 4.88. The van der Waals surface area contributed by atoms with Crippen molar-refractivity contribution < 1.29 is 14.6 Å². The third-order valence-electron chi connectivity index (χ3n) is 6.32. The zero-order valence-electron chi connectivity index (χ0n) is 20.5. The number of aryl methyl sites for hydroxylation is 1. The van der Waals surface area contributed by atoms with Crippen molar-refractivity contribution >= 4 is 17.1 Å². The molecule has 0 atom stereocenters. The number of fused-ring (bicyclic) bond motifs is 1. The Kier molecular flexibility index (Phi) is 7.18. The number of carbonyl (C=O) groups excluding carboxylic acids is 1. The summed E-state index contributed by atoms with van der Waals surface area (Å²) in [4.78, 5) is 44.0. The van der Waals surface area contributed by atoms with E-state index in [0.29, 0.717) is 41.9 Å². The van der Waals surface area contributed by atoms with Crippen LogP contribution in [0.3, 0.4) is 0 Å². The first-order valence-electron chi connectivity index (χ1n) is 11.5. The van der Waals surface area contributed by atoms with Crippen LogP contribution in [0.5, 0.6) is 0 Å². The number of rotatable bonds is 9. The van der Waals surface area contributed by atoms with Crippen molar-refractivity contribution in [2.24, 2.45) is 14.1 Å². The van der Waals surface area contributed by atoms with Crippen molar-refractivity contribution in [1.82, 2.24) is 23.6 Å². The number of ether oxygens (including phenoxy) is 1. The van der Waals surface area contributed by atoms with Crippen molar-refractivity contribution in [2.45, 2.75) is 12.1 Å². The summed E-state index contributed by atoms with van der Waals surface area (Å²) in [6.45, 7) is 1.47. The number of aromatic nitrogens is 4. The molecule has 10 nitrogen and oxygen atoms in total. The Morgan fingerprint density at radius 3 is 2.14 bits per heavy atom. The number of esters is 1. The molecule has 188 valence electrons. The highest BCUT2D eigenvalue weighted by Crippen LogP contribution is 2.31. The molecule has 0 radical (unpaired) electrons. The van der Waals surface area contributed by atoms with Crippen LogP contribution in [0.4, 0.5) is 0 Å². The molecule has 2 heterocycles. The second-order valence-corrected chi connectivity index (χ2v) is 8.70. The van der Waals surface area contributed by atoms with Gasteiger partial charge in [0.2, 0.25) is 5.60 Å². The maximum Gasteiger partial charge on any atom is 0.347 e. The zero-order chi connectivity index (χ0) is 25.9. The lowest BCUT2D eigenvalue weighted by atomic mass is 9.86. The van der Waals surface area contributed by atoms with E-state index >= 15 is 0 Å². The number of nitrogens with zero attached hydrogens (tertiary/aromatic N) is 5. The second-order valence-electron chi connectivity index (χ2n) is 8.70. The summed E-state index contributed by atoms with van der Waals surface area (Å²) in [6, 6.07) is 17.4. The third-order valence-corrected chi connectivity index (χ3v) is 6.32. The minimum Gasteiger partial charge on any atom is -0.462 e. The molecule has 1 N–H and O–H groups in total. The normalized spacial score (nSPS) is 11.8. The smallest absolute Gasteiger partial charge is 0.347 e. The van der Waals surface area contributed by atoms with Crippen LogP contribution in [-0.2, 0) is 35.8 Å². The van der Waals surface area contributed by atoms with Gasteiger partial charge in [-0.15, -0.1) is 0 Å². The largest absolute Gasteiger partial charge is 0.462 e. The number of benzene rings is 2. The van der Waals surface area contributed by atoms with Crippen LogP contribution in [-0.4, -0.2) is 61.4 Å². The van der Waals surface area contributed by atoms with Gasteiger partial charge >= 0.3 is 11.7 Å². The average Bonchev–Trinajstić information content (AvgIpc) is 3.34. The zero-order valence-corrected chi connectivity index (χ0v) is 20.5. The van der Waals surface area contributed by atoms with E-state index in [9.17, 15) is 19.5 Å². The van der Waals surface area contributed by atoms with Crippen molar-refractivity contribution in [1.29, 1.82) is 0 Å². The molecule has 0 bridgehead atoms. The highest BCUT2D eigenvalue weighted by atomic mass is 16.5. The fourth-order valence-electron chi connectivity index (χ4n) is 4.12. The number of hydrogen-bond acceptors (Lipinski definition) is 7. The molecule has 36 heavy (non-hydrogen) atoms. The molecule has 2 aromatic carbocycles. The molecular weight excluding hydrogens is 462 g/mol. The van der Waals surface area contributed by atoms with Crippen LogP contribution in [0.25, 0.3) is 11.2 Å². The summed E-state index contributed by atoms with van der Waals surface area (Å²) in [5.41, 5.74) is -1.20. The molecule has 2 aromatic heterocycles. The quantitative estimate of drug-likeness (QED) is 0.346. The third kappa shape index (κ3) is 4.60. The molecule has 4 rings (SSSR count). The maximum atomic E-state index is 13.1. The standard InChI is InChI=1S/C26H29N5O5/c1-28(14-15-31-18-27-22-21(31)23(32)30(3)25(34)29(22)2)16-17-36-24(33)26(35,19-10-6-4-7-11-19)20-12-8-5-9-13-20/h4-13,18,35H,14-17H2,1-3H3. The predicted octanol–water partition coefficient (Wildman–Crippen LogP) is 0.845. The molecule has 10 heteroatoms. The predicted molar refractivity (Wildman–Crippen MR) is 135 cm³/mol. The summed E-state index contributed by atoms with van der Waals surface area (Å²) < 4.78 is 9.63. The molecule has 0 unspecified atom stereocenters. The van der Waals surface area contributed by atoms with Crippen molar-refractivity contribution in [2.75, 3.05) is 26.7 Å². The fourth-order valence-corrected chi connectivity index (χ4v) is 4.12. The van der Waals surface area contributed by atoms with E-state index in [4.69, 9.17) is 4.74 Å². The van der Waals surface area contributed by atoms with Gasteiger partial charge in [0.25, 0.3) is 5.56 Å². The molecule has 0 fully saturated rings. The molecule has 0 spiro atoms. The molecule has 0 saturated carbocycles. The topological polar surface area (TPSA) is 112 Å². The van der Waals surface area contributed by atoms with Gasteiger partial charge in [0.1, 0.15) is 6.61 Å². The molecule has 0 amide bonds. The second kappa shape index (κ2) is 10.3. The summed E-state index contributed by atoms with van der Waals surface area (Å²) in [6.07, 6.45) is 1.54. The van der Waals surface area contributed by atoms with Crippen molar-refractivity contribution in [3.8, 4) is 0 Å². The van der Waals surface area contributed by atoms with Crippen molar-refractivity contribution in [3.05, 3.63) is 99.0 Å². The molecule has 0 aliphatic carbocycles. The summed E-state index contributed by atoms with van der Waals surface area (Å²) in [5, 5.41) is 11.5. The molecule has 0 saturated heterocycles. The first kappa shape index (κ1) is 25.1. The summed E-state index contributed by atoms with van der Waals surface area (Å²) >= 11 is 0. The SMILES string of the molecule is CN(CCOC(=O)C(O)(c1ccccc1)c1ccccc1)CCn1cnc2c1c(=O)n(C)c(=O)n2C. The van der Waals surface area contributed by atoms with Gasteiger partial charge in [-0.2, -0.15) is 0 Å². The Morgan fingerprint density at radius 1 is 0.972 bits per heavy atom. The molecular formula is C26H29N5O5. The van der Waals surface area contributed by atoms with Gasteiger partial charge in [0, 0.05) is 33.7 Å². The highest BCUT2D eigenvalue weighted by Gasteiger charge is 2.41. The Labute approximate surface area is 207 Å². The van der Waals surface area contributed by atoms with Crippen LogP contribution >= 0.6 is 0 Å². The number of hydrogen-bond donors (Lipinski definition) is 1. The van der Waals surface area contributed by atoms with Gasteiger partial charge in [0.05, 0.1) is 6.33 Å². The van der Waals surface area contributed by atoms with Gasteiger partial charge in [-0.25, -0.2) is 14.6 Å². The van der Waals surface area contributed by atoms with Gasteiger partial charge in [-0.1, -0.05) is 60.7 Å². The van der Waals surface area contributed by atoms with Gasteiger partial charge in [0.15, 0.2) is 11.2 Å². The first-order chi connectivity index (χ1) is 17.2. The lowest BCUT2D eigenvalue weighted by molar-refractivity contribution is -0.162. The first-order valence-corrected chi connectivity index (χ1v) is 11.5. The lowest BCUT2D eigenvalue weighted by Crippen LogP contribution is -2.40. The number of imidazole rings is 1. The van der Waals surface area contributed by atoms with Crippen LogP contribution in [0.1, 0.15) is 11.1 Å². The molecule has 4 aromatic rings. The van der Waals surface area contributed by atoms with E-state index < -0.39 is 22.8 Å². The Hall–Kier alpha value is -4.02. The Balaban J connectivity index is 1.40. The lowest BCUT2D eigenvalue weighted by Gasteiger charge is -2.27. The van der Waals surface area contributed by atoms with E-state index in [2.05, 4.69) is 4.98 Å². The van der Waals surface area contributed by atoms with Gasteiger partial charge in [-0.3, -0.25) is 13.9 Å². The van der Waals surface area contributed by atoms with E-state index in [-0.39, 0.29) is 6.61 Å². The fraction of sp³-hybridized carbons (Fsp3) is 0.308. The van der Waals surface area contributed by atoms with Gasteiger partial charge < -0.3 is 19.3 Å². The molecule has 0 aliphatic rings.